The van der Waals surface area contributed by atoms with Crippen molar-refractivity contribution in [3.63, 3.8) is 0 Å². The molecular formula is C14H25ClN4O2. The number of likely N-dealkylation sites (tertiary alicyclic amines) is 1. The summed E-state index contributed by atoms with van der Waals surface area (Å²) in [7, 11) is 0. The van der Waals surface area contributed by atoms with Gasteiger partial charge in [-0.2, -0.15) is 0 Å². The quantitative estimate of drug-likeness (QED) is 0.867. The summed E-state index contributed by atoms with van der Waals surface area (Å²) in [5, 5.41) is 6.50. The van der Waals surface area contributed by atoms with Crippen molar-refractivity contribution in [3.8, 4) is 0 Å². The molecule has 1 aliphatic heterocycles. The van der Waals surface area contributed by atoms with Gasteiger partial charge in [0.25, 0.3) is 0 Å². The third kappa shape index (κ3) is 5.30. The minimum atomic E-state index is -0.0349. The molecule has 3 N–H and O–H groups in total. The predicted molar refractivity (Wildman–Crippen MR) is 84.6 cm³/mol. The van der Waals surface area contributed by atoms with Gasteiger partial charge < -0.3 is 15.6 Å². The highest BCUT2D eigenvalue weighted by Crippen LogP contribution is 2.19. The highest BCUT2D eigenvalue weighted by Gasteiger charge is 2.25. The minimum Gasteiger partial charge on any atom is -0.360 e. The van der Waals surface area contributed by atoms with Crippen molar-refractivity contribution in [2.24, 2.45) is 5.73 Å². The third-order valence-corrected chi connectivity index (χ3v) is 3.79. The molecule has 6 nitrogen and oxygen atoms in total. The van der Waals surface area contributed by atoms with Crippen molar-refractivity contribution in [3.05, 3.63) is 11.8 Å². The minimum absolute atomic E-state index is 0. The van der Waals surface area contributed by atoms with Crippen molar-refractivity contribution in [1.82, 2.24) is 10.1 Å². The summed E-state index contributed by atoms with van der Waals surface area (Å²) >= 11 is 0. The second-order valence-corrected chi connectivity index (χ2v) is 5.58. The zero-order valence-electron chi connectivity index (χ0n) is 12.7. The molecule has 1 amide bonds. The fraction of sp³-hybridized carbons (Fsp3) is 0.714. The Kier molecular flexibility index (Phi) is 7.14. The van der Waals surface area contributed by atoms with Crippen LogP contribution in [0, 0.1) is 6.92 Å². The average Bonchev–Trinajstić information content (AvgIpc) is 2.82. The number of hydrogen-bond donors (Lipinski definition) is 2. The SMILES string of the molecule is Cc1cc(NC(=O)CCN2CCCCC2C(C)N)no1.Cl. The summed E-state index contributed by atoms with van der Waals surface area (Å²) in [5.74, 6) is 1.13. The Morgan fingerprint density at radius 2 is 2.38 bits per heavy atom. The molecule has 0 aromatic carbocycles. The lowest BCUT2D eigenvalue weighted by Crippen LogP contribution is -2.49. The number of carbonyl (C=O) groups is 1. The predicted octanol–water partition coefficient (Wildman–Crippen LogP) is 1.94. The van der Waals surface area contributed by atoms with Crippen LogP contribution in [0.5, 0.6) is 0 Å². The average molecular weight is 317 g/mol. The van der Waals surface area contributed by atoms with Gasteiger partial charge in [-0.15, -0.1) is 12.4 Å². The number of aromatic nitrogens is 1. The van der Waals surface area contributed by atoms with Crippen LogP contribution in [0.1, 0.15) is 38.4 Å². The number of aryl methyl sites for hydroxylation is 1. The molecule has 2 atom stereocenters. The molecule has 120 valence electrons. The lowest BCUT2D eigenvalue weighted by molar-refractivity contribution is -0.116. The number of nitrogens with zero attached hydrogens (tertiary/aromatic N) is 2. The van der Waals surface area contributed by atoms with E-state index in [4.69, 9.17) is 10.3 Å². The summed E-state index contributed by atoms with van der Waals surface area (Å²) in [6.45, 7) is 5.61. The Morgan fingerprint density at radius 3 is 3.00 bits per heavy atom. The van der Waals surface area contributed by atoms with Gasteiger partial charge in [0.2, 0.25) is 5.91 Å². The zero-order chi connectivity index (χ0) is 14.5. The lowest BCUT2D eigenvalue weighted by Gasteiger charge is -2.37. The van der Waals surface area contributed by atoms with Crippen molar-refractivity contribution < 1.29 is 9.32 Å². The molecule has 0 saturated carbocycles. The van der Waals surface area contributed by atoms with Gasteiger partial charge in [-0.05, 0) is 33.2 Å². The highest BCUT2D eigenvalue weighted by molar-refractivity contribution is 5.89. The number of halogens is 1. The van der Waals surface area contributed by atoms with E-state index < -0.39 is 0 Å². The summed E-state index contributed by atoms with van der Waals surface area (Å²) in [4.78, 5) is 14.2. The molecule has 2 heterocycles. The fourth-order valence-electron chi connectivity index (χ4n) is 2.77. The number of piperidine rings is 1. The first-order chi connectivity index (χ1) is 9.56. The Morgan fingerprint density at radius 1 is 1.62 bits per heavy atom. The van der Waals surface area contributed by atoms with Crippen LogP contribution in [0.3, 0.4) is 0 Å². The van der Waals surface area contributed by atoms with Gasteiger partial charge in [0.1, 0.15) is 5.76 Å². The van der Waals surface area contributed by atoms with Gasteiger partial charge >= 0.3 is 0 Å². The number of carbonyl (C=O) groups excluding carboxylic acids is 1. The summed E-state index contributed by atoms with van der Waals surface area (Å²) in [6.07, 6.45) is 4.00. The van der Waals surface area contributed by atoms with Gasteiger partial charge in [-0.1, -0.05) is 11.6 Å². The summed E-state index contributed by atoms with van der Waals surface area (Å²) < 4.78 is 4.92. The van der Waals surface area contributed by atoms with Crippen LogP contribution in [0.25, 0.3) is 0 Å². The molecule has 0 bridgehead atoms. The van der Waals surface area contributed by atoms with E-state index in [9.17, 15) is 4.79 Å². The van der Waals surface area contributed by atoms with E-state index in [1.54, 1.807) is 13.0 Å². The summed E-state index contributed by atoms with van der Waals surface area (Å²) in [6, 6.07) is 2.26. The monoisotopic (exact) mass is 316 g/mol. The fourth-order valence-corrected chi connectivity index (χ4v) is 2.77. The molecule has 1 fully saturated rings. The van der Waals surface area contributed by atoms with E-state index in [1.165, 1.54) is 12.8 Å². The van der Waals surface area contributed by atoms with Crippen LogP contribution in [-0.4, -0.2) is 41.1 Å². The van der Waals surface area contributed by atoms with Crippen LogP contribution in [0.15, 0.2) is 10.6 Å². The normalized spacial score (nSPS) is 20.6. The molecule has 0 radical (unpaired) electrons. The largest absolute Gasteiger partial charge is 0.360 e. The first-order valence-electron chi connectivity index (χ1n) is 7.29. The van der Waals surface area contributed by atoms with Crippen molar-refractivity contribution >= 4 is 24.1 Å². The summed E-state index contributed by atoms with van der Waals surface area (Å²) in [5.41, 5.74) is 6.03. The topological polar surface area (TPSA) is 84.4 Å². The van der Waals surface area contributed by atoms with E-state index in [1.807, 2.05) is 6.92 Å². The molecule has 0 aliphatic carbocycles. The van der Waals surface area contributed by atoms with Gasteiger partial charge in [-0.25, -0.2) is 0 Å². The Hall–Kier alpha value is -1.11. The molecule has 7 heteroatoms. The van der Waals surface area contributed by atoms with Crippen LogP contribution in [0.2, 0.25) is 0 Å². The molecular weight excluding hydrogens is 292 g/mol. The number of hydrogen-bond acceptors (Lipinski definition) is 5. The number of rotatable bonds is 5. The Labute approximate surface area is 131 Å². The molecule has 1 aliphatic rings. The number of nitrogens with one attached hydrogen (secondary N) is 1. The van der Waals surface area contributed by atoms with Gasteiger partial charge in [0.05, 0.1) is 0 Å². The number of amides is 1. The van der Waals surface area contributed by atoms with Crippen LogP contribution in [0.4, 0.5) is 5.82 Å². The van der Waals surface area contributed by atoms with Crippen molar-refractivity contribution in [2.75, 3.05) is 18.4 Å². The van der Waals surface area contributed by atoms with Crippen LogP contribution < -0.4 is 11.1 Å². The van der Waals surface area contributed by atoms with E-state index in [2.05, 4.69) is 15.4 Å². The maximum Gasteiger partial charge on any atom is 0.226 e. The van der Waals surface area contributed by atoms with Crippen molar-refractivity contribution in [2.45, 2.75) is 51.6 Å². The van der Waals surface area contributed by atoms with E-state index in [0.29, 0.717) is 24.0 Å². The van der Waals surface area contributed by atoms with Gasteiger partial charge in [-0.3, -0.25) is 9.69 Å². The Balaban J connectivity index is 0.00000220. The first kappa shape index (κ1) is 17.9. The smallest absolute Gasteiger partial charge is 0.226 e. The molecule has 2 unspecified atom stereocenters. The molecule has 1 aromatic rings. The zero-order valence-corrected chi connectivity index (χ0v) is 13.5. The number of nitrogens with two attached hydrogens (primary N) is 1. The second kappa shape index (κ2) is 8.36. The molecule has 2 rings (SSSR count). The van der Waals surface area contributed by atoms with Crippen LogP contribution in [-0.2, 0) is 4.79 Å². The highest BCUT2D eigenvalue weighted by atomic mass is 35.5. The second-order valence-electron chi connectivity index (χ2n) is 5.58. The molecule has 1 saturated heterocycles. The van der Waals surface area contributed by atoms with Crippen LogP contribution >= 0.6 is 12.4 Å². The van der Waals surface area contributed by atoms with E-state index >= 15 is 0 Å². The maximum absolute atomic E-state index is 11.9. The molecule has 0 spiro atoms. The maximum atomic E-state index is 11.9. The Bertz CT molecular complexity index is 450. The van der Waals surface area contributed by atoms with Crippen molar-refractivity contribution in [1.29, 1.82) is 0 Å². The molecule has 21 heavy (non-hydrogen) atoms. The van der Waals surface area contributed by atoms with Gasteiger partial charge in [0, 0.05) is 31.1 Å². The first-order valence-corrected chi connectivity index (χ1v) is 7.29. The standard InChI is InChI=1S/C14H24N4O2.ClH/c1-10-9-13(17-20-10)16-14(19)6-8-18-7-4-3-5-12(18)11(2)15;/h9,11-12H,3-8,15H2,1-2H3,(H,16,17,19);1H. The molecule has 1 aromatic heterocycles. The van der Waals surface area contributed by atoms with E-state index in [0.717, 1.165) is 19.5 Å². The lowest BCUT2D eigenvalue weighted by atomic mass is 9.97. The third-order valence-electron chi connectivity index (χ3n) is 3.79. The van der Waals surface area contributed by atoms with E-state index in [-0.39, 0.29) is 24.4 Å². The number of anilines is 1. The van der Waals surface area contributed by atoms with Gasteiger partial charge in [0.15, 0.2) is 5.82 Å².